The van der Waals surface area contributed by atoms with Crippen molar-refractivity contribution in [3.63, 3.8) is 0 Å². The first kappa shape index (κ1) is 10.3. The summed E-state index contributed by atoms with van der Waals surface area (Å²) in [7, 11) is 0. The van der Waals surface area contributed by atoms with Gasteiger partial charge < -0.3 is 10.5 Å². The van der Waals surface area contributed by atoms with Crippen LogP contribution in [0.15, 0.2) is 12.3 Å². The van der Waals surface area contributed by atoms with Crippen LogP contribution in [0.5, 0.6) is 5.75 Å². The molecule has 0 spiro atoms. The van der Waals surface area contributed by atoms with Crippen molar-refractivity contribution in [3.8, 4) is 5.75 Å². The van der Waals surface area contributed by atoms with E-state index in [0.29, 0.717) is 6.10 Å². The van der Waals surface area contributed by atoms with Crippen molar-refractivity contribution in [1.82, 2.24) is 4.98 Å². The van der Waals surface area contributed by atoms with Gasteiger partial charge in [-0.05, 0) is 12.8 Å². The maximum absolute atomic E-state index is 5.96. The van der Waals surface area contributed by atoms with Crippen molar-refractivity contribution in [3.05, 3.63) is 18.0 Å². The van der Waals surface area contributed by atoms with Crippen molar-refractivity contribution in [2.45, 2.75) is 45.1 Å². The van der Waals surface area contributed by atoms with Crippen LogP contribution < -0.4 is 10.5 Å². The molecule has 1 saturated carbocycles. The van der Waals surface area contributed by atoms with Crippen LogP contribution >= 0.6 is 0 Å². The summed E-state index contributed by atoms with van der Waals surface area (Å²) in [5, 5.41) is 0. The van der Waals surface area contributed by atoms with Crippen LogP contribution in [0, 0.1) is 0 Å². The normalized spacial score (nSPS) is 16.5. The van der Waals surface area contributed by atoms with Crippen LogP contribution in [0.4, 0.5) is 5.69 Å². The minimum absolute atomic E-state index is 0.0117. The Morgan fingerprint density at radius 1 is 1.40 bits per heavy atom. The topological polar surface area (TPSA) is 48.1 Å². The van der Waals surface area contributed by atoms with E-state index in [1.165, 1.54) is 0 Å². The fraction of sp³-hybridized carbons (Fsp3) is 0.583. The third kappa shape index (κ3) is 2.41. The number of aromatic nitrogens is 1. The van der Waals surface area contributed by atoms with E-state index >= 15 is 0 Å². The summed E-state index contributed by atoms with van der Waals surface area (Å²) in [4.78, 5) is 4.38. The Labute approximate surface area is 90.7 Å². The highest BCUT2D eigenvalue weighted by molar-refractivity contribution is 5.49. The Kier molecular flexibility index (Phi) is 2.33. The Morgan fingerprint density at radius 3 is 2.53 bits per heavy atom. The molecule has 82 valence electrons. The van der Waals surface area contributed by atoms with E-state index in [-0.39, 0.29) is 5.41 Å². The molecule has 1 aliphatic rings. The number of hydrogen-bond acceptors (Lipinski definition) is 3. The molecular weight excluding hydrogens is 188 g/mol. The number of hydrogen-bond donors (Lipinski definition) is 1. The Morgan fingerprint density at radius 2 is 2.07 bits per heavy atom. The lowest BCUT2D eigenvalue weighted by Gasteiger charge is -2.20. The number of rotatable bonds is 2. The molecule has 0 bridgehead atoms. The molecule has 3 nitrogen and oxygen atoms in total. The van der Waals surface area contributed by atoms with E-state index in [2.05, 4.69) is 25.8 Å². The average molecular weight is 206 g/mol. The SMILES string of the molecule is CC(C)(C)c1ncc(OC2CC2)cc1N. The summed E-state index contributed by atoms with van der Waals surface area (Å²) < 4.78 is 5.63. The van der Waals surface area contributed by atoms with E-state index in [4.69, 9.17) is 10.5 Å². The maximum atomic E-state index is 5.96. The maximum Gasteiger partial charge on any atom is 0.140 e. The van der Waals surface area contributed by atoms with E-state index in [1.54, 1.807) is 6.20 Å². The molecule has 0 aliphatic heterocycles. The van der Waals surface area contributed by atoms with Gasteiger partial charge in [0.05, 0.1) is 23.7 Å². The first-order valence-corrected chi connectivity index (χ1v) is 5.39. The van der Waals surface area contributed by atoms with Gasteiger partial charge in [-0.1, -0.05) is 20.8 Å². The molecule has 0 radical (unpaired) electrons. The van der Waals surface area contributed by atoms with Gasteiger partial charge in [-0.3, -0.25) is 4.98 Å². The van der Waals surface area contributed by atoms with E-state index in [1.807, 2.05) is 6.07 Å². The summed E-state index contributed by atoms with van der Waals surface area (Å²) in [5.41, 5.74) is 7.61. The molecule has 1 aromatic rings. The Hall–Kier alpha value is -1.25. The molecule has 1 heterocycles. The van der Waals surface area contributed by atoms with Crippen LogP contribution in [0.1, 0.15) is 39.3 Å². The fourth-order valence-corrected chi connectivity index (χ4v) is 1.53. The van der Waals surface area contributed by atoms with Crippen LogP contribution in [0.2, 0.25) is 0 Å². The van der Waals surface area contributed by atoms with Gasteiger partial charge in [-0.25, -0.2) is 0 Å². The second-order valence-electron chi connectivity index (χ2n) is 5.18. The molecule has 3 heteroatoms. The Bertz CT molecular complexity index is 364. The van der Waals surface area contributed by atoms with Crippen LogP contribution in [0.3, 0.4) is 0 Å². The van der Waals surface area contributed by atoms with Crippen LogP contribution in [-0.4, -0.2) is 11.1 Å². The number of ether oxygens (including phenoxy) is 1. The summed E-state index contributed by atoms with van der Waals surface area (Å²) in [6.07, 6.45) is 4.48. The molecule has 1 aliphatic carbocycles. The second kappa shape index (κ2) is 3.40. The molecule has 15 heavy (non-hydrogen) atoms. The number of nitrogens with two attached hydrogens (primary N) is 1. The van der Waals surface area contributed by atoms with Crippen LogP contribution in [-0.2, 0) is 5.41 Å². The molecule has 0 saturated heterocycles. The van der Waals surface area contributed by atoms with Gasteiger partial charge in [0.25, 0.3) is 0 Å². The van der Waals surface area contributed by atoms with Crippen molar-refractivity contribution in [2.75, 3.05) is 5.73 Å². The molecule has 1 fully saturated rings. The van der Waals surface area contributed by atoms with Gasteiger partial charge in [0.2, 0.25) is 0 Å². The van der Waals surface area contributed by atoms with Crippen molar-refractivity contribution >= 4 is 5.69 Å². The lowest BCUT2D eigenvalue weighted by molar-refractivity contribution is 0.302. The second-order valence-corrected chi connectivity index (χ2v) is 5.18. The zero-order chi connectivity index (χ0) is 11.1. The molecule has 1 aromatic heterocycles. The highest BCUT2D eigenvalue weighted by Crippen LogP contribution is 2.31. The van der Waals surface area contributed by atoms with Crippen molar-refractivity contribution in [2.24, 2.45) is 0 Å². The van der Waals surface area contributed by atoms with Crippen LogP contribution in [0.25, 0.3) is 0 Å². The predicted octanol–water partition coefficient (Wildman–Crippen LogP) is 2.50. The molecule has 0 atom stereocenters. The van der Waals surface area contributed by atoms with Crippen molar-refractivity contribution < 1.29 is 4.74 Å². The van der Waals surface area contributed by atoms with Gasteiger partial charge in [-0.2, -0.15) is 0 Å². The molecular formula is C12H18N2O. The summed E-state index contributed by atoms with van der Waals surface area (Å²) in [6, 6.07) is 1.88. The minimum Gasteiger partial charge on any atom is -0.489 e. The quantitative estimate of drug-likeness (QED) is 0.808. The van der Waals surface area contributed by atoms with Gasteiger partial charge in [0.15, 0.2) is 0 Å². The molecule has 0 unspecified atom stereocenters. The highest BCUT2D eigenvalue weighted by atomic mass is 16.5. The predicted molar refractivity (Wildman–Crippen MR) is 61.0 cm³/mol. The molecule has 2 rings (SSSR count). The summed E-state index contributed by atoms with van der Waals surface area (Å²) in [6.45, 7) is 6.31. The minimum atomic E-state index is -0.0117. The smallest absolute Gasteiger partial charge is 0.140 e. The zero-order valence-electron chi connectivity index (χ0n) is 9.58. The third-order valence-electron chi connectivity index (χ3n) is 2.43. The lowest BCUT2D eigenvalue weighted by Crippen LogP contribution is -2.16. The van der Waals surface area contributed by atoms with E-state index < -0.39 is 0 Å². The lowest BCUT2D eigenvalue weighted by atomic mass is 9.90. The fourth-order valence-electron chi connectivity index (χ4n) is 1.53. The highest BCUT2D eigenvalue weighted by Gasteiger charge is 2.24. The third-order valence-corrected chi connectivity index (χ3v) is 2.43. The van der Waals surface area contributed by atoms with E-state index in [9.17, 15) is 0 Å². The molecule has 0 aromatic carbocycles. The molecule has 2 N–H and O–H groups in total. The number of nitrogens with zero attached hydrogens (tertiary/aromatic N) is 1. The largest absolute Gasteiger partial charge is 0.489 e. The van der Waals surface area contributed by atoms with Gasteiger partial charge in [0.1, 0.15) is 5.75 Å². The van der Waals surface area contributed by atoms with Gasteiger partial charge in [0, 0.05) is 11.5 Å². The first-order valence-electron chi connectivity index (χ1n) is 5.39. The first-order chi connectivity index (χ1) is 6.97. The monoisotopic (exact) mass is 206 g/mol. The Balaban J connectivity index is 2.21. The molecule has 0 amide bonds. The number of nitrogen functional groups attached to an aromatic ring is 1. The standard InChI is InChI=1S/C12H18N2O/c1-12(2,3)11-10(13)6-9(7-14-11)15-8-4-5-8/h6-8H,4-5,13H2,1-3H3. The number of anilines is 1. The average Bonchev–Trinajstić information content (AvgIpc) is 2.85. The van der Waals surface area contributed by atoms with E-state index in [0.717, 1.165) is 30.0 Å². The van der Waals surface area contributed by atoms with Gasteiger partial charge in [-0.15, -0.1) is 0 Å². The van der Waals surface area contributed by atoms with Gasteiger partial charge >= 0.3 is 0 Å². The summed E-state index contributed by atoms with van der Waals surface area (Å²) >= 11 is 0. The van der Waals surface area contributed by atoms with Crippen molar-refractivity contribution in [1.29, 1.82) is 0 Å². The zero-order valence-corrected chi connectivity index (χ0v) is 9.58. The number of pyridine rings is 1. The summed E-state index contributed by atoms with van der Waals surface area (Å²) in [5.74, 6) is 0.794.